The third-order valence-electron chi connectivity index (χ3n) is 2.58. The van der Waals surface area contributed by atoms with Crippen molar-refractivity contribution in [2.24, 2.45) is 5.73 Å². The van der Waals surface area contributed by atoms with Crippen molar-refractivity contribution in [1.82, 2.24) is 0 Å². The number of hydrogen-bond acceptors (Lipinski definition) is 4. The Morgan fingerprint density at radius 2 is 2.44 bits per heavy atom. The van der Waals surface area contributed by atoms with E-state index in [1.165, 1.54) is 0 Å². The zero-order valence-corrected chi connectivity index (χ0v) is 9.23. The number of carbonyl (C=O) groups is 1. The summed E-state index contributed by atoms with van der Waals surface area (Å²) in [4.78, 5) is 11.5. The molecule has 0 spiro atoms. The van der Waals surface area contributed by atoms with E-state index in [1.54, 1.807) is 19.1 Å². The van der Waals surface area contributed by atoms with Crippen LogP contribution in [0.25, 0.3) is 0 Å². The molecule has 1 heterocycles. The molecule has 0 fully saturated rings. The van der Waals surface area contributed by atoms with Gasteiger partial charge in [0.2, 0.25) is 0 Å². The molecular weight excluding hydrogens is 206 g/mol. The van der Waals surface area contributed by atoms with Crippen molar-refractivity contribution in [3.05, 3.63) is 29.3 Å². The van der Waals surface area contributed by atoms with Crippen LogP contribution in [-0.4, -0.2) is 25.2 Å². The summed E-state index contributed by atoms with van der Waals surface area (Å²) in [5, 5.41) is 0. The Morgan fingerprint density at radius 1 is 1.62 bits per heavy atom. The summed E-state index contributed by atoms with van der Waals surface area (Å²) < 4.78 is 10.5. The van der Waals surface area contributed by atoms with Gasteiger partial charge in [0.25, 0.3) is 0 Å². The maximum Gasteiger partial charge on any atom is 0.338 e. The lowest BCUT2D eigenvalue weighted by Crippen LogP contribution is -2.24. The highest BCUT2D eigenvalue weighted by Gasteiger charge is 2.22. The van der Waals surface area contributed by atoms with Gasteiger partial charge in [-0.2, -0.15) is 0 Å². The third kappa shape index (κ3) is 2.02. The van der Waals surface area contributed by atoms with Crippen molar-refractivity contribution < 1.29 is 14.3 Å². The van der Waals surface area contributed by atoms with E-state index in [2.05, 4.69) is 0 Å². The van der Waals surface area contributed by atoms with Gasteiger partial charge < -0.3 is 15.2 Å². The Bertz CT molecular complexity index is 403. The van der Waals surface area contributed by atoms with Crippen molar-refractivity contribution in [3.63, 3.8) is 0 Å². The number of hydrogen-bond donors (Lipinski definition) is 1. The Hall–Kier alpha value is -1.55. The van der Waals surface area contributed by atoms with Gasteiger partial charge in [-0.15, -0.1) is 0 Å². The van der Waals surface area contributed by atoms with Gasteiger partial charge in [-0.25, -0.2) is 4.79 Å². The molecule has 4 nitrogen and oxygen atoms in total. The van der Waals surface area contributed by atoms with E-state index >= 15 is 0 Å². The topological polar surface area (TPSA) is 61.5 Å². The highest BCUT2D eigenvalue weighted by Crippen LogP contribution is 2.29. The summed E-state index contributed by atoms with van der Waals surface area (Å²) in [7, 11) is 0. The fourth-order valence-electron chi connectivity index (χ4n) is 1.79. The summed E-state index contributed by atoms with van der Waals surface area (Å²) in [6.45, 7) is 2.67. The summed E-state index contributed by atoms with van der Waals surface area (Å²) in [5.41, 5.74) is 7.14. The van der Waals surface area contributed by atoms with Crippen LogP contribution in [-0.2, 0) is 11.2 Å². The first-order valence-corrected chi connectivity index (χ1v) is 5.41. The predicted octanol–water partition coefficient (Wildman–Crippen LogP) is 1.13. The predicted molar refractivity (Wildman–Crippen MR) is 59.6 cm³/mol. The summed E-state index contributed by atoms with van der Waals surface area (Å²) >= 11 is 0. The number of benzene rings is 1. The van der Waals surface area contributed by atoms with Crippen LogP contribution in [0.3, 0.4) is 0 Å². The molecule has 0 aromatic heterocycles. The fraction of sp³-hybridized carbons (Fsp3) is 0.417. The number of fused-ring (bicyclic) bond motifs is 1. The molecule has 2 N–H and O–H groups in total. The molecule has 1 unspecified atom stereocenters. The molecule has 1 atom stereocenters. The lowest BCUT2D eigenvalue weighted by atomic mass is 10.1. The highest BCUT2D eigenvalue weighted by atomic mass is 16.5. The van der Waals surface area contributed by atoms with Crippen LogP contribution in [0.5, 0.6) is 5.75 Å². The number of rotatable bonds is 3. The molecule has 0 bridgehead atoms. The lowest BCUT2D eigenvalue weighted by Gasteiger charge is -2.05. The zero-order valence-electron chi connectivity index (χ0n) is 9.23. The van der Waals surface area contributed by atoms with Gasteiger partial charge in [0.1, 0.15) is 11.9 Å². The van der Waals surface area contributed by atoms with Crippen molar-refractivity contribution in [3.8, 4) is 5.75 Å². The Balaban J connectivity index is 2.19. The zero-order chi connectivity index (χ0) is 11.5. The standard InChI is InChI=1S/C12H15NO3/c1-2-15-12(14)8-3-4-11-9(5-8)6-10(7-13)16-11/h3-5,10H,2,6-7,13H2,1H3. The molecule has 1 aromatic carbocycles. The van der Waals surface area contributed by atoms with Crippen LogP contribution < -0.4 is 10.5 Å². The molecule has 1 aliphatic rings. The molecule has 1 aliphatic heterocycles. The van der Waals surface area contributed by atoms with Crippen molar-refractivity contribution >= 4 is 5.97 Å². The lowest BCUT2D eigenvalue weighted by molar-refractivity contribution is 0.0526. The van der Waals surface area contributed by atoms with Crippen LogP contribution in [0.4, 0.5) is 0 Å². The maximum atomic E-state index is 11.5. The minimum absolute atomic E-state index is 0.0347. The van der Waals surface area contributed by atoms with Gasteiger partial charge >= 0.3 is 5.97 Å². The second-order valence-corrected chi connectivity index (χ2v) is 3.72. The van der Waals surface area contributed by atoms with E-state index in [0.717, 1.165) is 17.7 Å². The van der Waals surface area contributed by atoms with Gasteiger partial charge in [0, 0.05) is 13.0 Å². The average Bonchev–Trinajstić information content (AvgIpc) is 2.70. The average molecular weight is 221 g/mol. The third-order valence-corrected chi connectivity index (χ3v) is 2.58. The molecule has 86 valence electrons. The largest absolute Gasteiger partial charge is 0.488 e. The van der Waals surface area contributed by atoms with Gasteiger partial charge in [0.15, 0.2) is 0 Å². The van der Waals surface area contributed by atoms with Gasteiger partial charge in [0.05, 0.1) is 12.2 Å². The monoisotopic (exact) mass is 221 g/mol. The van der Waals surface area contributed by atoms with E-state index in [4.69, 9.17) is 15.2 Å². The molecule has 0 radical (unpaired) electrons. The number of nitrogens with two attached hydrogens (primary N) is 1. The van der Waals surface area contributed by atoms with E-state index in [9.17, 15) is 4.79 Å². The molecule has 0 saturated heterocycles. The van der Waals surface area contributed by atoms with Crippen LogP contribution in [0.2, 0.25) is 0 Å². The Kier molecular flexibility index (Phi) is 3.10. The van der Waals surface area contributed by atoms with E-state index in [1.807, 2.05) is 6.07 Å². The second kappa shape index (κ2) is 4.53. The van der Waals surface area contributed by atoms with Crippen molar-refractivity contribution in [2.75, 3.05) is 13.2 Å². The highest BCUT2D eigenvalue weighted by molar-refractivity contribution is 5.89. The molecule has 0 amide bonds. The van der Waals surface area contributed by atoms with Crippen LogP contribution >= 0.6 is 0 Å². The molecular formula is C12H15NO3. The minimum Gasteiger partial charge on any atom is -0.488 e. The number of carbonyl (C=O) groups excluding carboxylic acids is 1. The molecule has 0 aliphatic carbocycles. The molecule has 16 heavy (non-hydrogen) atoms. The van der Waals surface area contributed by atoms with E-state index in [-0.39, 0.29) is 12.1 Å². The fourth-order valence-corrected chi connectivity index (χ4v) is 1.79. The van der Waals surface area contributed by atoms with Gasteiger partial charge in [-0.05, 0) is 30.7 Å². The number of esters is 1. The first-order valence-electron chi connectivity index (χ1n) is 5.41. The van der Waals surface area contributed by atoms with Gasteiger partial charge in [-0.1, -0.05) is 0 Å². The SMILES string of the molecule is CCOC(=O)c1ccc2c(c1)CC(CN)O2. The van der Waals surface area contributed by atoms with Crippen molar-refractivity contribution in [1.29, 1.82) is 0 Å². The smallest absolute Gasteiger partial charge is 0.338 e. The van der Waals surface area contributed by atoms with Gasteiger partial charge in [-0.3, -0.25) is 0 Å². The Morgan fingerprint density at radius 3 is 3.12 bits per heavy atom. The number of ether oxygens (including phenoxy) is 2. The first kappa shape index (κ1) is 11.0. The minimum atomic E-state index is -0.290. The summed E-state index contributed by atoms with van der Waals surface area (Å²) in [5.74, 6) is 0.532. The van der Waals surface area contributed by atoms with E-state index < -0.39 is 0 Å². The van der Waals surface area contributed by atoms with Crippen LogP contribution in [0.1, 0.15) is 22.8 Å². The normalized spacial score (nSPS) is 17.8. The Labute approximate surface area is 94.3 Å². The van der Waals surface area contributed by atoms with Crippen LogP contribution in [0.15, 0.2) is 18.2 Å². The quantitative estimate of drug-likeness (QED) is 0.777. The molecule has 4 heteroatoms. The molecule has 2 rings (SSSR count). The second-order valence-electron chi connectivity index (χ2n) is 3.72. The first-order chi connectivity index (χ1) is 7.74. The van der Waals surface area contributed by atoms with E-state index in [0.29, 0.717) is 18.7 Å². The molecule has 1 aromatic rings. The maximum absolute atomic E-state index is 11.5. The summed E-state index contributed by atoms with van der Waals surface area (Å²) in [6.07, 6.45) is 0.798. The van der Waals surface area contributed by atoms with Crippen LogP contribution in [0, 0.1) is 0 Å². The summed E-state index contributed by atoms with van der Waals surface area (Å²) in [6, 6.07) is 5.34. The van der Waals surface area contributed by atoms with Crippen molar-refractivity contribution in [2.45, 2.75) is 19.4 Å². The molecule has 0 saturated carbocycles.